The van der Waals surface area contributed by atoms with Gasteiger partial charge in [-0.15, -0.1) is 5.10 Å². The van der Waals surface area contributed by atoms with Gasteiger partial charge in [-0.2, -0.15) is 0 Å². The Morgan fingerprint density at radius 3 is 2.48 bits per heavy atom. The highest BCUT2D eigenvalue weighted by Gasteiger charge is 2.25. The van der Waals surface area contributed by atoms with Gasteiger partial charge < -0.3 is 4.52 Å². The van der Waals surface area contributed by atoms with Gasteiger partial charge >= 0.3 is 0 Å². The highest BCUT2D eigenvalue weighted by Crippen LogP contribution is 2.28. The van der Waals surface area contributed by atoms with Gasteiger partial charge in [0, 0.05) is 22.7 Å². The summed E-state index contributed by atoms with van der Waals surface area (Å²) in [5.74, 6) is -0.0494. The van der Waals surface area contributed by atoms with Crippen molar-refractivity contribution in [1.82, 2.24) is 20.2 Å². The molecule has 0 saturated heterocycles. The number of nitro groups is 1. The first-order valence-electron chi connectivity index (χ1n) is 8.38. The lowest BCUT2D eigenvalue weighted by Gasteiger charge is -2.01. The Kier molecular flexibility index (Phi) is 4.65. The Morgan fingerprint density at radius 2 is 1.83 bits per heavy atom. The standard InChI is InChI=1S/C19H12ClN5O4/c1-11-17(18(22-29-11)12-2-4-13(20)5-3-12)19(26)16-10-24(23-21-16)14-6-8-15(9-7-14)25(27)28/h2-10H,1H3. The van der Waals surface area contributed by atoms with Gasteiger partial charge in [-0.3, -0.25) is 14.9 Å². The van der Waals surface area contributed by atoms with Crippen molar-refractivity contribution in [2.75, 3.05) is 0 Å². The smallest absolute Gasteiger partial charge is 0.269 e. The molecule has 0 unspecified atom stereocenters. The van der Waals surface area contributed by atoms with Crippen molar-refractivity contribution >= 4 is 23.1 Å². The number of carbonyl (C=O) groups excluding carboxylic acids is 1. The number of hydrogen-bond acceptors (Lipinski definition) is 7. The summed E-state index contributed by atoms with van der Waals surface area (Å²) in [5, 5.41) is 23.2. The van der Waals surface area contributed by atoms with Crippen molar-refractivity contribution in [3.63, 3.8) is 0 Å². The van der Waals surface area contributed by atoms with Gasteiger partial charge in [0.05, 0.1) is 22.4 Å². The van der Waals surface area contributed by atoms with Gasteiger partial charge in [-0.1, -0.05) is 34.1 Å². The van der Waals surface area contributed by atoms with Gasteiger partial charge in [0.2, 0.25) is 5.78 Å². The van der Waals surface area contributed by atoms with E-state index in [4.69, 9.17) is 16.1 Å². The Morgan fingerprint density at radius 1 is 1.14 bits per heavy atom. The largest absolute Gasteiger partial charge is 0.360 e. The zero-order valence-electron chi connectivity index (χ0n) is 14.9. The van der Waals surface area contributed by atoms with E-state index in [1.165, 1.54) is 35.1 Å². The maximum atomic E-state index is 13.0. The summed E-state index contributed by atoms with van der Waals surface area (Å²) in [7, 11) is 0. The van der Waals surface area contributed by atoms with Gasteiger partial charge in [0.15, 0.2) is 5.69 Å². The summed E-state index contributed by atoms with van der Waals surface area (Å²) in [4.78, 5) is 23.3. The van der Waals surface area contributed by atoms with Crippen LogP contribution in [0.4, 0.5) is 5.69 Å². The van der Waals surface area contributed by atoms with Gasteiger partial charge in [-0.05, 0) is 31.2 Å². The zero-order chi connectivity index (χ0) is 20.5. The molecule has 144 valence electrons. The average molecular weight is 410 g/mol. The van der Waals surface area contributed by atoms with Crippen LogP contribution in [0.5, 0.6) is 0 Å². The molecule has 0 aliphatic heterocycles. The molecule has 4 rings (SSSR count). The second-order valence-electron chi connectivity index (χ2n) is 6.12. The number of non-ortho nitro benzene ring substituents is 1. The maximum Gasteiger partial charge on any atom is 0.269 e. The normalized spacial score (nSPS) is 10.8. The van der Waals surface area contributed by atoms with E-state index in [0.717, 1.165) is 0 Å². The van der Waals surface area contributed by atoms with Gasteiger partial charge in [0.25, 0.3) is 5.69 Å². The third kappa shape index (κ3) is 3.50. The highest BCUT2D eigenvalue weighted by molar-refractivity contribution is 6.30. The minimum Gasteiger partial charge on any atom is -0.360 e. The molecule has 0 saturated carbocycles. The third-order valence-electron chi connectivity index (χ3n) is 4.26. The molecular formula is C19H12ClN5O4. The average Bonchev–Trinajstić information content (AvgIpc) is 3.35. The molecule has 0 fully saturated rings. The van der Waals surface area contributed by atoms with Crippen molar-refractivity contribution in [2.24, 2.45) is 0 Å². The molecule has 0 bridgehead atoms. The predicted molar refractivity (Wildman–Crippen MR) is 103 cm³/mol. The van der Waals surface area contributed by atoms with Crippen LogP contribution in [-0.2, 0) is 0 Å². The topological polar surface area (TPSA) is 117 Å². The summed E-state index contributed by atoms with van der Waals surface area (Å²) in [6.45, 7) is 1.64. The summed E-state index contributed by atoms with van der Waals surface area (Å²) in [6.07, 6.45) is 1.45. The molecule has 2 aromatic heterocycles. The Bertz CT molecular complexity index is 1210. The minimum atomic E-state index is -0.493. The molecule has 0 N–H and O–H groups in total. The lowest BCUT2D eigenvalue weighted by atomic mass is 10.0. The molecule has 0 aliphatic carbocycles. The Labute approximate surface area is 168 Å². The van der Waals surface area contributed by atoms with Crippen molar-refractivity contribution in [2.45, 2.75) is 6.92 Å². The van der Waals surface area contributed by atoms with E-state index in [0.29, 0.717) is 27.7 Å². The van der Waals surface area contributed by atoms with Crippen LogP contribution in [0.1, 0.15) is 21.8 Å². The summed E-state index contributed by atoms with van der Waals surface area (Å²) in [6, 6.07) is 12.6. The molecule has 29 heavy (non-hydrogen) atoms. The predicted octanol–water partition coefficient (Wildman–Crippen LogP) is 4.02. The zero-order valence-corrected chi connectivity index (χ0v) is 15.7. The van der Waals surface area contributed by atoms with Gasteiger partial charge in [-0.25, -0.2) is 4.68 Å². The number of nitro benzene ring substituents is 1. The molecule has 10 heteroatoms. The van der Waals surface area contributed by atoms with Crippen LogP contribution < -0.4 is 0 Å². The van der Waals surface area contributed by atoms with E-state index in [1.807, 2.05) is 0 Å². The molecule has 4 aromatic rings. The van der Waals surface area contributed by atoms with Crippen molar-refractivity contribution < 1.29 is 14.2 Å². The lowest BCUT2D eigenvalue weighted by molar-refractivity contribution is -0.384. The first-order valence-corrected chi connectivity index (χ1v) is 8.76. The number of aryl methyl sites for hydroxylation is 1. The van der Waals surface area contributed by atoms with E-state index in [2.05, 4.69) is 15.5 Å². The number of aromatic nitrogens is 4. The van der Waals surface area contributed by atoms with Crippen LogP contribution in [-0.4, -0.2) is 30.9 Å². The maximum absolute atomic E-state index is 13.0. The molecule has 2 heterocycles. The lowest BCUT2D eigenvalue weighted by Crippen LogP contribution is -2.04. The molecule has 0 aliphatic rings. The highest BCUT2D eigenvalue weighted by atomic mass is 35.5. The number of benzene rings is 2. The Balaban J connectivity index is 1.67. The fraction of sp³-hybridized carbons (Fsp3) is 0.0526. The fourth-order valence-electron chi connectivity index (χ4n) is 2.79. The first kappa shape index (κ1) is 18.5. The van der Waals surface area contributed by atoms with E-state index in [1.54, 1.807) is 31.2 Å². The van der Waals surface area contributed by atoms with Gasteiger partial charge in [0.1, 0.15) is 11.5 Å². The van der Waals surface area contributed by atoms with Crippen molar-refractivity contribution in [1.29, 1.82) is 0 Å². The monoisotopic (exact) mass is 409 g/mol. The Hall–Kier alpha value is -3.85. The fourth-order valence-corrected chi connectivity index (χ4v) is 2.92. The molecule has 0 spiro atoms. The molecule has 0 atom stereocenters. The van der Waals surface area contributed by atoms with Crippen molar-refractivity contribution in [3.05, 3.63) is 86.9 Å². The van der Waals surface area contributed by atoms with Crippen LogP contribution in [0.15, 0.2) is 59.3 Å². The second kappa shape index (κ2) is 7.28. The van der Waals surface area contributed by atoms with E-state index >= 15 is 0 Å². The molecular weight excluding hydrogens is 398 g/mol. The van der Waals surface area contributed by atoms with Crippen LogP contribution >= 0.6 is 11.6 Å². The number of nitrogens with zero attached hydrogens (tertiary/aromatic N) is 5. The minimum absolute atomic E-state index is 0.0436. The summed E-state index contributed by atoms with van der Waals surface area (Å²) < 4.78 is 6.59. The number of halogens is 1. The quantitative estimate of drug-likeness (QED) is 0.277. The first-order chi connectivity index (χ1) is 13.9. The van der Waals surface area contributed by atoms with Crippen LogP contribution in [0.25, 0.3) is 16.9 Å². The third-order valence-corrected chi connectivity index (χ3v) is 4.51. The van der Waals surface area contributed by atoms with E-state index in [9.17, 15) is 14.9 Å². The van der Waals surface area contributed by atoms with Crippen LogP contribution in [0.3, 0.4) is 0 Å². The second-order valence-corrected chi connectivity index (χ2v) is 6.56. The van der Waals surface area contributed by atoms with Crippen LogP contribution in [0, 0.1) is 17.0 Å². The molecule has 9 nitrogen and oxygen atoms in total. The summed E-state index contributed by atoms with van der Waals surface area (Å²) >= 11 is 5.92. The number of hydrogen-bond donors (Lipinski definition) is 0. The summed E-state index contributed by atoms with van der Waals surface area (Å²) in [5.41, 5.74) is 1.92. The molecule has 0 amide bonds. The SMILES string of the molecule is Cc1onc(-c2ccc(Cl)cc2)c1C(=O)c1cn(-c2ccc([N+](=O)[O-])cc2)nn1. The number of ketones is 1. The number of rotatable bonds is 5. The van der Waals surface area contributed by atoms with Crippen molar-refractivity contribution in [3.8, 4) is 16.9 Å². The molecule has 2 aromatic carbocycles. The van der Waals surface area contributed by atoms with Crippen LogP contribution in [0.2, 0.25) is 5.02 Å². The number of carbonyl (C=O) groups is 1. The van der Waals surface area contributed by atoms with E-state index < -0.39 is 10.7 Å². The molecule has 0 radical (unpaired) electrons. The van der Waals surface area contributed by atoms with E-state index in [-0.39, 0.29) is 16.9 Å².